The number of hydrogen-bond donors (Lipinski definition) is 1. The Hall–Kier alpha value is -2.85. The van der Waals surface area contributed by atoms with Gasteiger partial charge in [-0.15, -0.1) is 0 Å². The number of aromatic hydroxyl groups is 1. The molecule has 4 heteroatoms. The second-order valence-corrected chi connectivity index (χ2v) is 13.6. The summed E-state index contributed by atoms with van der Waals surface area (Å²) in [6, 6.07) is 20.6. The number of nitrogens with zero attached hydrogens (tertiary/aromatic N) is 2. The second-order valence-electron chi connectivity index (χ2n) is 8.48. The van der Waals surface area contributed by atoms with Crippen molar-refractivity contribution in [1.29, 1.82) is 0 Å². The zero-order chi connectivity index (χ0) is 20.1. The largest absolute Gasteiger partial charge is 0.507 e. The zero-order valence-electron chi connectivity index (χ0n) is 17.1. The first kappa shape index (κ1) is 18.5. The maximum Gasteiger partial charge on any atom is 0.149 e. The molecule has 0 unspecified atom stereocenters. The molecule has 3 aromatic carbocycles. The quantitative estimate of drug-likeness (QED) is 0.468. The smallest absolute Gasteiger partial charge is 0.149 e. The molecule has 1 aromatic heterocycles. The van der Waals surface area contributed by atoms with Gasteiger partial charge in [-0.05, 0) is 49.2 Å². The molecule has 3 nitrogen and oxygen atoms in total. The summed E-state index contributed by atoms with van der Waals surface area (Å²) in [7, 11) is -1.50. The Labute approximate surface area is 167 Å². The van der Waals surface area contributed by atoms with E-state index in [1.54, 1.807) is 0 Å². The first-order valence-electron chi connectivity index (χ1n) is 9.65. The molecule has 142 valence electrons. The van der Waals surface area contributed by atoms with Gasteiger partial charge in [0.2, 0.25) is 0 Å². The van der Waals surface area contributed by atoms with Crippen molar-refractivity contribution >= 4 is 24.3 Å². The minimum atomic E-state index is -1.50. The molecule has 0 spiro atoms. The Morgan fingerprint density at radius 2 is 1.54 bits per heavy atom. The van der Waals surface area contributed by atoms with E-state index >= 15 is 0 Å². The first-order valence-corrected chi connectivity index (χ1v) is 13.2. The first-order chi connectivity index (χ1) is 13.3. The van der Waals surface area contributed by atoms with Crippen LogP contribution in [0.15, 0.2) is 60.7 Å². The maximum absolute atomic E-state index is 10.9. The zero-order valence-corrected chi connectivity index (χ0v) is 18.1. The van der Waals surface area contributed by atoms with E-state index in [1.165, 1.54) is 16.3 Å². The Kier molecular flexibility index (Phi) is 4.39. The Bertz CT molecular complexity index is 1160. The highest BCUT2D eigenvalue weighted by Crippen LogP contribution is 2.35. The van der Waals surface area contributed by atoms with E-state index in [4.69, 9.17) is 4.98 Å². The number of fused-ring (bicyclic) bond motifs is 1. The SMILES string of the molecule is Cc1cccc(C)c1-n1c(-c2ccc([Si](C)(C)C)cc2O)nc2ccccc21. The standard InChI is InChI=1S/C24H26N2OSi/c1-16-9-8-10-17(2)23(16)26-21-12-7-6-11-20(21)25-24(26)19-14-13-18(15-22(19)27)28(3,4)5/h6-15,27H,1-5H3. The lowest BCUT2D eigenvalue weighted by Gasteiger charge is -2.19. The van der Waals surface area contributed by atoms with Crippen molar-refractivity contribution in [3.63, 3.8) is 0 Å². The summed E-state index contributed by atoms with van der Waals surface area (Å²) < 4.78 is 2.18. The lowest BCUT2D eigenvalue weighted by atomic mass is 10.1. The Morgan fingerprint density at radius 1 is 0.857 bits per heavy atom. The van der Waals surface area contributed by atoms with E-state index < -0.39 is 8.07 Å². The predicted molar refractivity (Wildman–Crippen MR) is 121 cm³/mol. The van der Waals surface area contributed by atoms with Gasteiger partial charge in [0.05, 0.1) is 30.4 Å². The Balaban J connectivity index is 2.04. The van der Waals surface area contributed by atoms with Gasteiger partial charge in [0.1, 0.15) is 11.6 Å². The third-order valence-electron chi connectivity index (χ3n) is 5.33. The van der Waals surface area contributed by atoms with Crippen LogP contribution in [0.25, 0.3) is 28.1 Å². The van der Waals surface area contributed by atoms with Crippen molar-refractivity contribution < 1.29 is 5.11 Å². The van der Waals surface area contributed by atoms with E-state index in [1.807, 2.05) is 30.3 Å². The molecule has 4 rings (SSSR count). The summed E-state index contributed by atoms with van der Waals surface area (Å²) in [5, 5.41) is 12.2. The molecule has 0 saturated carbocycles. The number of rotatable bonds is 3. The summed E-state index contributed by atoms with van der Waals surface area (Å²) in [5.74, 6) is 1.07. The van der Waals surface area contributed by atoms with Crippen LogP contribution in [-0.4, -0.2) is 22.7 Å². The van der Waals surface area contributed by atoms with Gasteiger partial charge in [-0.2, -0.15) is 0 Å². The van der Waals surface area contributed by atoms with Crippen LogP contribution in [0.5, 0.6) is 5.75 Å². The third-order valence-corrected chi connectivity index (χ3v) is 7.37. The van der Waals surface area contributed by atoms with Gasteiger partial charge >= 0.3 is 0 Å². The number of para-hydroxylation sites is 3. The molecule has 4 aromatic rings. The van der Waals surface area contributed by atoms with Crippen LogP contribution < -0.4 is 5.19 Å². The fourth-order valence-corrected chi connectivity index (χ4v) is 4.93. The summed E-state index contributed by atoms with van der Waals surface area (Å²) in [6.07, 6.45) is 0. The van der Waals surface area contributed by atoms with Crippen molar-refractivity contribution in [3.8, 4) is 22.8 Å². The van der Waals surface area contributed by atoms with Gasteiger partial charge in [-0.1, -0.05) is 61.2 Å². The summed E-state index contributed by atoms with van der Waals surface area (Å²) in [6.45, 7) is 11.1. The average molecular weight is 387 g/mol. The van der Waals surface area contributed by atoms with Crippen molar-refractivity contribution in [1.82, 2.24) is 9.55 Å². The highest BCUT2D eigenvalue weighted by atomic mass is 28.3. The van der Waals surface area contributed by atoms with E-state index in [0.717, 1.165) is 28.1 Å². The van der Waals surface area contributed by atoms with Crippen LogP contribution in [0, 0.1) is 13.8 Å². The van der Waals surface area contributed by atoms with Crippen LogP contribution in [0.2, 0.25) is 19.6 Å². The topological polar surface area (TPSA) is 38.0 Å². The number of hydrogen-bond acceptors (Lipinski definition) is 2. The lowest BCUT2D eigenvalue weighted by Crippen LogP contribution is -2.37. The molecule has 0 aliphatic rings. The molecule has 0 bridgehead atoms. The summed E-state index contributed by atoms with van der Waals surface area (Å²) >= 11 is 0. The molecule has 0 fully saturated rings. The minimum Gasteiger partial charge on any atom is -0.507 e. The van der Waals surface area contributed by atoms with Crippen LogP contribution >= 0.6 is 0 Å². The number of phenolic OH excluding ortho intramolecular Hbond substituents is 1. The van der Waals surface area contributed by atoms with Gasteiger partial charge in [-0.3, -0.25) is 4.57 Å². The summed E-state index contributed by atoms with van der Waals surface area (Å²) in [5.41, 5.74) is 6.23. The number of imidazole rings is 1. The van der Waals surface area contributed by atoms with Crippen LogP contribution in [-0.2, 0) is 0 Å². The van der Waals surface area contributed by atoms with Gasteiger partial charge in [-0.25, -0.2) is 4.98 Å². The van der Waals surface area contributed by atoms with Crippen LogP contribution in [0.4, 0.5) is 0 Å². The molecular formula is C24H26N2OSi. The van der Waals surface area contributed by atoms with E-state index in [0.29, 0.717) is 5.75 Å². The lowest BCUT2D eigenvalue weighted by molar-refractivity contribution is 0.477. The fourth-order valence-electron chi connectivity index (χ4n) is 3.78. The van der Waals surface area contributed by atoms with Gasteiger partial charge < -0.3 is 5.11 Å². The molecule has 1 heterocycles. The minimum absolute atomic E-state index is 0.294. The molecule has 0 amide bonds. The highest BCUT2D eigenvalue weighted by molar-refractivity contribution is 6.88. The fraction of sp³-hybridized carbons (Fsp3) is 0.208. The molecule has 0 aliphatic carbocycles. The highest BCUT2D eigenvalue weighted by Gasteiger charge is 2.22. The van der Waals surface area contributed by atoms with Crippen molar-refractivity contribution in [2.24, 2.45) is 0 Å². The Morgan fingerprint density at radius 3 is 2.18 bits per heavy atom. The van der Waals surface area contributed by atoms with Crippen LogP contribution in [0.1, 0.15) is 11.1 Å². The van der Waals surface area contributed by atoms with Gasteiger partial charge in [0, 0.05) is 0 Å². The molecule has 1 N–H and O–H groups in total. The average Bonchev–Trinajstić information content (AvgIpc) is 3.00. The van der Waals surface area contributed by atoms with Crippen molar-refractivity contribution in [3.05, 3.63) is 71.8 Å². The number of phenols is 1. The predicted octanol–water partition coefficient (Wildman–Crippen LogP) is 5.56. The summed E-state index contributed by atoms with van der Waals surface area (Å²) in [4.78, 5) is 4.91. The molecule has 0 aliphatic heterocycles. The maximum atomic E-state index is 10.9. The second kappa shape index (κ2) is 6.64. The number of benzene rings is 3. The van der Waals surface area contributed by atoms with Crippen molar-refractivity contribution in [2.75, 3.05) is 0 Å². The van der Waals surface area contributed by atoms with Gasteiger partial charge in [0.15, 0.2) is 0 Å². The van der Waals surface area contributed by atoms with Crippen LogP contribution in [0.3, 0.4) is 0 Å². The van der Waals surface area contributed by atoms with E-state index in [9.17, 15) is 5.11 Å². The molecule has 0 radical (unpaired) electrons. The van der Waals surface area contributed by atoms with Crippen molar-refractivity contribution in [2.45, 2.75) is 33.5 Å². The van der Waals surface area contributed by atoms with E-state index in [2.05, 4.69) is 68.4 Å². The number of aryl methyl sites for hydroxylation is 2. The molecule has 0 atom stereocenters. The third kappa shape index (κ3) is 3.04. The molecular weight excluding hydrogens is 360 g/mol. The molecule has 0 saturated heterocycles. The van der Waals surface area contributed by atoms with Gasteiger partial charge in [0.25, 0.3) is 0 Å². The van der Waals surface area contributed by atoms with E-state index in [-0.39, 0.29) is 0 Å². The number of aromatic nitrogens is 2. The molecule has 28 heavy (non-hydrogen) atoms. The normalized spacial score (nSPS) is 11.9. The monoisotopic (exact) mass is 386 g/mol.